The summed E-state index contributed by atoms with van der Waals surface area (Å²) >= 11 is 1.27. The Hall–Kier alpha value is -2.23. The summed E-state index contributed by atoms with van der Waals surface area (Å²) in [5.74, 6) is 3.16. The summed E-state index contributed by atoms with van der Waals surface area (Å²) in [7, 11) is 0. The van der Waals surface area contributed by atoms with Crippen LogP contribution in [0.4, 0.5) is 0 Å². The van der Waals surface area contributed by atoms with Crippen LogP contribution >= 0.6 is 0 Å². The van der Waals surface area contributed by atoms with Gasteiger partial charge in [0.05, 0.1) is 0 Å². The number of hydrogen-bond acceptors (Lipinski definition) is 0. The first kappa shape index (κ1) is 34.6. The van der Waals surface area contributed by atoms with Gasteiger partial charge in [-0.25, -0.2) is 24.0 Å². The topological polar surface area (TPSA) is 0 Å². The second-order valence-corrected chi connectivity index (χ2v) is 19.5. The fourth-order valence-electron chi connectivity index (χ4n) is 7.03. The van der Waals surface area contributed by atoms with Crippen LogP contribution in [-0.4, -0.2) is 5.49 Å². The quantitative estimate of drug-likeness (QED) is 0.183. The van der Waals surface area contributed by atoms with E-state index in [-0.39, 0.29) is 24.8 Å². The zero-order valence-corrected chi connectivity index (χ0v) is 31.7. The summed E-state index contributed by atoms with van der Waals surface area (Å²) in [5, 5.41) is 8.90. The van der Waals surface area contributed by atoms with Crippen LogP contribution in [0.1, 0.15) is 39.5 Å². The molecule has 4 aliphatic rings. The summed E-state index contributed by atoms with van der Waals surface area (Å²) in [6.07, 6.45) is 14.9. The predicted octanol–water partition coefficient (Wildman–Crippen LogP) is -0.889. The van der Waals surface area contributed by atoms with Crippen LogP contribution in [0.5, 0.6) is 0 Å². The molecular weight excluding hydrogens is 758 g/mol. The number of hydrogen-bond donors (Lipinski definition) is 0. The molecule has 0 aromatic heterocycles. The van der Waals surface area contributed by atoms with Crippen LogP contribution in [-0.2, 0) is 23.0 Å². The van der Waals surface area contributed by atoms with Crippen molar-refractivity contribution in [1.82, 2.24) is 0 Å². The van der Waals surface area contributed by atoms with Crippen molar-refractivity contribution in [2.45, 2.75) is 39.5 Å². The van der Waals surface area contributed by atoms with Crippen molar-refractivity contribution >= 4 is 39.2 Å². The van der Waals surface area contributed by atoms with Crippen molar-refractivity contribution < 1.29 is 47.8 Å². The summed E-state index contributed by atoms with van der Waals surface area (Å²) in [4.78, 5) is 0. The van der Waals surface area contributed by atoms with Gasteiger partial charge in [-0.15, -0.1) is 22.6 Å². The Bertz CT molecular complexity index is 1670. The van der Waals surface area contributed by atoms with Crippen LogP contribution in [0.25, 0.3) is 23.3 Å². The zero-order valence-electron chi connectivity index (χ0n) is 25.6. The molecule has 0 nitrogen and oxygen atoms in total. The van der Waals surface area contributed by atoms with Gasteiger partial charge in [-0.3, -0.25) is 0 Å². The third-order valence-corrected chi connectivity index (χ3v) is 17.1. The molecule has 8 rings (SSSR count). The molecule has 2 fully saturated rings. The molecule has 4 atom stereocenters. The van der Waals surface area contributed by atoms with E-state index in [1.54, 1.807) is 11.1 Å². The molecule has 0 N–H and O–H groups in total. The minimum atomic E-state index is -0.406. The normalized spacial score (nSPS) is 21.5. The maximum atomic E-state index is 2.47. The molecule has 0 aliphatic heterocycles. The van der Waals surface area contributed by atoms with Gasteiger partial charge in [0.15, 0.2) is 0 Å². The van der Waals surface area contributed by atoms with E-state index in [0.717, 1.165) is 23.7 Å². The summed E-state index contributed by atoms with van der Waals surface area (Å²) in [6, 6.07) is 39.3. The number of rotatable bonds is 2. The van der Waals surface area contributed by atoms with Crippen molar-refractivity contribution in [3.8, 4) is 0 Å². The van der Waals surface area contributed by atoms with Gasteiger partial charge in [-0.05, 0) is 24.7 Å². The molecule has 4 aliphatic carbocycles. The van der Waals surface area contributed by atoms with E-state index in [9.17, 15) is 0 Å². The van der Waals surface area contributed by atoms with Gasteiger partial charge in [0.25, 0.3) is 0 Å². The minimum absolute atomic E-state index is 0. The Labute approximate surface area is 291 Å². The Morgan fingerprint density at radius 1 is 0.545 bits per heavy atom. The van der Waals surface area contributed by atoms with Crippen molar-refractivity contribution in [2.75, 3.05) is 0 Å². The molecular formula is C40H40Cl2HfSi-2. The number of fused-ring (bicyclic) bond motifs is 4. The second kappa shape index (κ2) is 16.4. The van der Waals surface area contributed by atoms with E-state index in [1.165, 1.54) is 79.9 Å². The molecule has 224 valence electrons. The molecule has 4 aromatic carbocycles. The Morgan fingerprint density at radius 2 is 0.909 bits per heavy atom. The third-order valence-electron chi connectivity index (χ3n) is 9.03. The van der Waals surface area contributed by atoms with Gasteiger partial charge in [-0.1, -0.05) is 87.1 Å². The van der Waals surface area contributed by atoms with E-state index in [4.69, 9.17) is 0 Å². The van der Waals surface area contributed by atoms with E-state index in [1.807, 2.05) is 0 Å². The van der Waals surface area contributed by atoms with Crippen molar-refractivity contribution in [2.24, 2.45) is 23.7 Å². The van der Waals surface area contributed by atoms with E-state index >= 15 is 0 Å². The van der Waals surface area contributed by atoms with Gasteiger partial charge < -0.3 is 24.8 Å². The van der Waals surface area contributed by atoms with Gasteiger partial charge >= 0.3 is 99.5 Å². The predicted molar refractivity (Wildman–Crippen MR) is 177 cm³/mol. The molecule has 0 spiro atoms. The fourth-order valence-corrected chi connectivity index (χ4v) is 12.0. The number of halogens is 2. The fraction of sp³-hybridized carbons (Fsp3) is 0.250. The van der Waals surface area contributed by atoms with E-state index < -0.39 is 5.49 Å². The van der Waals surface area contributed by atoms with Gasteiger partial charge in [0.2, 0.25) is 0 Å². The molecule has 4 aromatic rings. The monoisotopic (exact) mass is 798 g/mol. The Balaban J connectivity index is 0.000000147. The first-order valence-electron chi connectivity index (χ1n) is 15.5. The van der Waals surface area contributed by atoms with Crippen LogP contribution in [0.2, 0.25) is 0 Å². The molecule has 0 amide bonds. The van der Waals surface area contributed by atoms with E-state index in [0.29, 0.717) is 0 Å². The molecule has 0 radical (unpaired) electrons. The number of benzene rings is 4. The van der Waals surface area contributed by atoms with Crippen molar-refractivity contribution in [1.29, 1.82) is 0 Å². The molecule has 2 saturated carbocycles. The molecule has 0 heterocycles. The van der Waals surface area contributed by atoms with Crippen LogP contribution in [0.15, 0.2) is 109 Å². The van der Waals surface area contributed by atoms with Crippen LogP contribution < -0.4 is 56.1 Å². The third kappa shape index (κ3) is 8.12. The first-order valence-corrected chi connectivity index (χ1v) is 22.4. The molecule has 4 unspecified atom stereocenters. The summed E-state index contributed by atoms with van der Waals surface area (Å²) in [5.41, 5.74) is 2.81. The first-order chi connectivity index (χ1) is 20.6. The Kier molecular flexibility index (Phi) is 12.9. The molecule has 0 saturated heterocycles. The maximum absolute atomic E-state index is 2.47. The summed E-state index contributed by atoms with van der Waals surface area (Å²) < 4.78 is 0. The van der Waals surface area contributed by atoms with Gasteiger partial charge in [0, 0.05) is 0 Å². The molecule has 0 bridgehead atoms. The Morgan fingerprint density at radius 3 is 1.32 bits per heavy atom. The summed E-state index contributed by atoms with van der Waals surface area (Å²) in [6.45, 7) is 4.65. The second-order valence-electron chi connectivity index (χ2n) is 12.2. The van der Waals surface area contributed by atoms with E-state index in [2.05, 4.69) is 148 Å². The van der Waals surface area contributed by atoms with Crippen molar-refractivity contribution in [3.05, 3.63) is 143 Å². The van der Waals surface area contributed by atoms with Crippen molar-refractivity contribution in [3.63, 3.8) is 0 Å². The van der Waals surface area contributed by atoms with Crippen LogP contribution in [0.3, 0.4) is 0 Å². The SMILES string of the molecule is CC1[CH-]C2=c3ccccc3=CCC2C1.CC1[CH-]C2=c3ccccc3=CCC2C1.[Cl-].[Cl-].[Hf+2]=[Si](c1ccccc1)c1ccccc1. The standard InChI is InChI=1S/2C14H15.C12H10Si.2ClH.Hf/c2*1-10-8-12-7-6-11-4-2-3-5-13(11)14(12)9-10;1-3-7-11(8-4-1)13-12-9-5-2-6-10-12;;;/h2*2-6,9-10,12H,7-8H2,1H3;1-10H;2*1H;/q2*-1;;;;+2/p-2. The van der Waals surface area contributed by atoms with Gasteiger partial charge in [-0.2, -0.15) is 10.4 Å². The van der Waals surface area contributed by atoms with Crippen LogP contribution in [0, 0.1) is 36.5 Å². The average molecular weight is 798 g/mol. The molecule has 44 heavy (non-hydrogen) atoms. The zero-order chi connectivity index (χ0) is 28.9. The average Bonchev–Trinajstić information content (AvgIpc) is 3.63. The molecule has 4 heteroatoms. The van der Waals surface area contributed by atoms with Gasteiger partial charge in [0.1, 0.15) is 0 Å².